The predicted molar refractivity (Wildman–Crippen MR) is 131 cm³/mol. The zero-order chi connectivity index (χ0) is 24.5. The Morgan fingerprint density at radius 3 is 2.18 bits per heavy atom. The molecule has 9 nitrogen and oxygen atoms in total. The van der Waals surface area contributed by atoms with Crippen LogP contribution >= 0.6 is 0 Å². The number of aromatic hydroxyl groups is 1. The van der Waals surface area contributed by atoms with Crippen molar-refractivity contribution in [2.24, 2.45) is 20.5 Å². The van der Waals surface area contributed by atoms with Crippen molar-refractivity contribution in [2.75, 3.05) is 5.73 Å². The lowest BCUT2D eigenvalue weighted by Gasteiger charge is -2.12. The van der Waals surface area contributed by atoms with Gasteiger partial charge < -0.3 is 10.8 Å². The van der Waals surface area contributed by atoms with Crippen LogP contribution in [0.3, 0.4) is 0 Å². The second kappa shape index (κ2) is 9.00. The molecule has 10 heteroatoms. The number of azo groups is 2. The van der Waals surface area contributed by atoms with Gasteiger partial charge in [-0.05, 0) is 61.2 Å². The van der Waals surface area contributed by atoms with Crippen LogP contribution < -0.4 is 5.73 Å². The van der Waals surface area contributed by atoms with E-state index in [9.17, 15) is 18.1 Å². The van der Waals surface area contributed by atoms with Gasteiger partial charge in [0.2, 0.25) is 0 Å². The minimum Gasteiger partial charge on any atom is -0.505 e. The average Bonchev–Trinajstić information content (AvgIpc) is 2.78. The molecule has 0 aliphatic heterocycles. The molecule has 0 saturated carbocycles. The average molecular weight is 476 g/mol. The van der Waals surface area contributed by atoms with Crippen LogP contribution in [0.4, 0.5) is 28.4 Å². The Morgan fingerprint density at radius 1 is 0.794 bits per heavy atom. The highest BCUT2D eigenvalue weighted by Crippen LogP contribution is 2.45. The highest BCUT2D eigenvalue weighted by atomic mass is 32.2. The van der Waals surface area contributed by atoms with Gasteiger partial charge in [-0.2, -0.15) is 18.6 Å². The normalized spacial score (nSPS) is 12.2. The third kappa shape index (κ3) is 4.77. The molecule has 0 aliphatic carbocycles. The highest BCUT2D eigenvalue weighted by molar-refractivity contribution is 7.86. The number of hydrogen-bond acceptors (Lipinski definition) is 8. The van der Waals surface area contributed by atoms with Crippen LogP contribution in [0.1, 0.15) is 11.1 Å². The maximum Gasteiger partial charge on any atom is 0.296 e. The molecule has 172 valence electrons. The lowest BCUT2D eigenvalue weighted by Crippen LogP contribution is -2.01. The van der Waals surface area contributed by atoms with Crippen LogP contribution in [0.15, 0.2) is 92.1 Å². The molecule has 0 bridgehead atoms. The maximum absolute atomic E-state index is 12.0. The molecule has 0 heterocycles. The third-order valence-corrected chi connectivity index (χ3v) is 5.95. The Kier molecular flexibility index (Phi) is 6.10. The van der Waals surface area contributed by atoms with E-state index in [4.69, 9.17) is 5.73 Å². The molecule has 0 spiro atoms. The third-order valence-electron chi connectivity index (χ3n) is 5.09. The lowest BCUT2D eigenvalue weighted by molar-refractivity contribution is 0.481. The zero-order valence-electron chi connectivity index (χ0n) is 18.3. The van der Waals surface area contributed by atoms with Crippen molar-refractivity contribution in [3.8, 4) is 5.75 Å². The number of hydrogen-bond donors (Lipinski definition) is 3. The summed E-state index contributed by atoms with van der Waals surface area (Å²) in [6, 6.07) is 18.6. The van der Waals surface area contributed by atoms with E-state index in [1.54, 1.807) is 18.2 Å². The van der Waals surface area contributed by atoms with Crippen molar-refractivity contribution in [2.45, 2.75) is 18.7 Å². The van der Waals surface area contributed by atoms with E-state index in [0.29, 0.717) is 11.4 Å². The molecule has 0 atom stereocenters. The lowest BCUT2D eigenvalue weighted by atomic mass is 10.1. The van der Waals surface area contributed by atoms with E-state index in [1.165, 1.54) is 18.2 Å². The van der Waals surface area contributed by atoms with Gasteiger partial charge in [-0.25, -0.2) is 0 Å². The number of nitrogens with zero attached hydrogens (tertiary/aromatic N) is 4. The molecule has 4 N–H and O–H groups in total. The van der Waals surface area contributed by atoms with E-state index in [1.807, 2.05) is 44.2 Å². The standard InChI is InChI=1S/C24H21N5O4S/c1-14-6-9-17(10-7-14)26-29-23-20(34(31,32)33)13-16-8-11-19(24(30)21(16)22(23)25)28-27-18-5-3-4-15(2)12-18/h3-13,30H,25H2,1-2H3,(H,31,32,33). The van der Waals surface area contributed by atoms with E-state index < -0.39 is 15.0 Å². The fourth-order valence-electron chi connectivity index (χ4n) is 3.36. The molecular weight excluding hydrogens is 454 g/mol. The van der Waals surface area contributed by atoms with Crippen LogP contribution in [-0.2, 0) is 10.1 Å². The maximum atomic E-state index is 12.0. The van der Waals surface area contributed by atoms with Crippen LogP contribution in [0.25, 0.3) is 10.8 Å². The molecule has 34 heavy (non-hydrogen) atoms. The summed E-state index contributed by atoms with van der Waals surface area (Å²) in [6.45, 7) is 3.84. The Balaban J connectivity index is 1.87. The SMILES string of the molecule is Cc1ccc(N=Nc2c(S(=O)(=O)O)cc3ccc(N=Nc4cccc(C)c4)c(O)c3c2N)cc1. The van der Waals surface area contributed by atoms with Crippen molar-refractivity contribution < 1.29 is 18.1 Å². The van der Waals surface area contributed by atoms with E-state index in [-0.39, 0.29) is 33.6 Å². The number of anilines is 1. The fourth-order valence-corrected chi connectivity index (χ4v) is 4.03. The van der Waals surface area contributed by atoms with Gasteiger partial charge in [-0.15, -0.1) is 10.2 Å². The molecule has 4 rings (SSSR count). The number of phenolic OH excluding ortho intramolecular Hbond substituents is 1. The first kappa shape index (κ1) is 23.0. The van der Waals surface area contributed by atoms with Gasteiger partial charge in [-0.1, -0.05) is 35.9 Å². The molecule has 0 amide bonds. The van der Waals surface area contributed by atoms with Gasteiger partial charge in [0.05, 0.1) is 22.4 Å². The largest absolute Gasteiger partial charge is 0.505 e. The number of benzene rings is 4. The van der Waals surface area contributed by atoms with Gasteiger partial charge in [0, 0.05) is 0 Å². The second-order valence-corrected chi connectivity index (χ2v) is 9.11. The number of fused-ring (bicyclic) bond motifs is 1. The summed E-state index contributed by atoms with van der Waals surface area (Å²) < 4.78 is 33.9. The quantitative estimate of drug-likeness (QED) is 0.164. The first-order valence-electron chi connectivity index (χ1n) is 10.2. The monoisotopic (exact) mass is 475 g/mol. The van der Waals surface area contributed by atoms with Crippen molar-refractivity contribution in [1.82, 2.24) is 0 Å². The highest BCUT2D eigenvalue weighted by Gasteiger charge is 2.23. The fraction of sp³-hybridized carbons (Fsp3) is 0.0833. The molecular formula is C24H21N5O4S. The molecule has 4 aromatic rings. The number of nitrogen functional groups attached to an aromatic ring is 1. The summed E-state index contributed by atoms with van der Waals surface area (Å²) >= 11 is 0. The number of nitrogens with two attached hydrogens (primary N) is 1. The van der Waals surface area contributed by atoms with Crippen LogP contribution in [0, 0.1) is 13.8 Å². The summed E-state index contributed by atoms with van der Waals surface area (Å²) in [6.07, 6.45) is 0. The zero-order valence-corrected chi connectivity index (χ0v) is 19.2. The van der Waals surface area contributed by atoms with Gasteiger partial charge in [0.25, 0.3) is 10.1 Å². The smallest absolute Gasteiger partial charge is 0.296 e. The summed E-state index contributed by atoms with van der Waals surface area (Å²) in [4.78, 5) is -0.526. The van der Waals surface area contributed by atoms with Crippen molar-refractivity contribution in [3.63, 3.8) is 0 Å². The van der Waals surface area contributed by atoms with Gasteiger partial charge >= 0.3 is 0 Å². The summed E-state index contributed by atoms with van der Waals surface area (Å²) in [5, 5.41) is 27.6. The van der Waals surface area contributed by atoms with E-state index in [2.05, 4.69) is 20.5 Å². The van der Waals surface area contributed by atoms with Gasteiger partial charge in [0.1, 0.15) is 16.3 Å². The van der Waals surface area contributed by atoms with Crippen molar-refractivity contribution >= 4 is 49.3 Å². The minimum atomic E-state index is -4.69. The first-order chi connectivity index (χ1) is 16.1. The Labute approximate surface area is 196 Å². The molecule has 0 aliphatic rings. The molecule has 0 unspecified atom stereocenters. The Morgan fingerprint density at radius 2 is 1.50 bits per heavy atom. The predicted octanol–water partition coefficient (Wildman–Crippen LogP) is 6.82. The van der Waals surface area contributed by atoms with E-state index in [0.717, 1.165) is 11.1 Å². The topological polar surface area (TPSA) is 150 Å². The van der Waals surface area contributed by atoms with Gasteiger partial charge in [-0.3, -0.25) is 4.55 Å². The molecule has 4 aromatic carbocycles. The molecule has 0 aromatic heterocycles. The van der Waals surface area contributed by atoms with E-state index >= 15 is 0 Å². The number of aryl methyl sites for hydroxylation is 2. The number of phenols is 1. The molecule has 0 saturated heterocycles. The van der Waals surface area contributed by atoms with Crippen molar-refractivity contribution in [3.05, 3.63) is 77.9 Å². The van der Waals surface area contributed by atoms with Crippen LogP contribution in [-0.4, -0.2) is 18.1 Å². The summed E-state index contributed by atoms with van der Waals surface area (Å²) in [5.41, 5.74) is 8.97. The number of rotatable bonds is 5. The Bertz CT molecular complexity index is 1560. The second-order valence-electron chi connectivity index (χ2n) is 7.72. The summed E-state index contributed by atoms with van der Waals surface area (Å²) in [5.74, 6) is -0.305. The minimum absolute atomic E-state index is 0.117. The first-order valence-corrected chi connectivity index (χ1v) is 11.6. The van der Waals surface area contributed by atoms with Crippen molar-refractivity contribution in [1.29, 1.82) is 0 Å². The molecule has 0 radical (unpaired) electrons. The molecule has 0 fully saturated rings. The van der Waals surface area contributed by atoms with Crippen LogP contribution in [0.5, 0.6) is 5.75 Å². The summed E-state index contributed by atoms with van der Waals surface area (Å²) in [7, 11) is -4.69. The Hall–Kier alpha value is -4.15. The van der Waals surface area contributed by atoms with Gasteiger partial charge in [0.15, 0.2) is 5.75 Å². The van der Waals surface area contributed by atoms with Crippen LogP contribution in [0.2, 0.25) is 0 Å².